The first kappa shape index (κ1) is 12.2. The van der Waals surface area contributed by atoms with Crippen molar-refractivity contribution in [3.05, 3.63) is 18.2 Å². The van der Waals surface area contributed by atoms with Gasteiger partial charge in [0.1, 0.15) is 5.82 Å². The average molecular weight is 211 g/mol. The van der Waals surface area contributed by atoms with Crippen molar-refractivity contribution in [3.63, 3.8) is 0 Å². The number of nitrogens with one attached hydrogen (secondary N) is 1. The highest BCUT2D eigenvalue weighted by Crippen LogP contribution is 1.99. The fourth-order valence-electron chi connectivity index (χ4n) is 1.53. The molecule has 15 heavy (non-hydrogen) atoms. The smallest absolute Gasteiger partial charge is 0.108 e. The van der Waals surface area contributed by atoms with Crippen molar-refractivity contribution < 1.29 is 4.74 Å². The molecule has 86 valence electrons. The van der Waals surface area contributed by atoms with E-state index in [2.05, 4.69) is 21.8 Å². The number of imidazole rings is 1. The summed E-state index contributed by atoms with van der Waals surface area (Å²) < 4.78 is 7.17. The maximum absolute atomic E-state index is 4.95. The number of aryl methyl sites for hydroxylation is 2. The van der Waals surface area contributed by atoms with Gasteiger partial charge in [0.25, 0.3) is 0 Å². The number of methoxy groups -OCH3 is 1. The van der Waals surface area contributed by atoms with Crippen LogP contribution in [0.5, 0.6) is 0 Å². The van der Waals surface area contributed by atoms with E-state index in [0.29, 0.717) is 0 Å². The zero-order valence-electron chi connectivity index (χ0n) is 9.70. The average Bonchev–Trinajstić information content (AvgIpc) is 2.70. The van der Waals surface area contributed by atoms with E-state index in [1.165, 1.54) is 5.82 Å². The number of ether oxygens (including phenoxy) is 1. The Morgan fingerprint density at radius 2 is 2.33 bits per heavy atom. The first-order valence-electron chi connectivity index (χ1n) is 5.58. The zero-order chi connectivity index (χ0) is 10.9. The Hall–Kier alpha value is -0.870. The van der Waals surface area contributed by atoms with E-state index in [4.69, 9.17) is 4.74 Å². The van der Waals surface area contributed by atoms with Gasteiger partial charge in [0.2, 0.25) is 0 Å². The summed E-state index contributed by atoms with van der Waals surface area (Å²) in [6.07, 6.45) is 6.06. The highest BCUT2D eigenvalue weighted by Gasteiger charge is 1.98. The van der Waals surface area contributed by atoms with Crippen molar-refractivity contribution >= 4 is 0 Å². The minimum Gasteiger partial charge on any atom is -0.383 e. The normalized spacial score (nSPS) is 10.8. The SMILES string of the molecule is CCc1nccn1CCCNCCOC. The van der Waals surface area contributed by atoms with E-state index < -0.39 is 0 Å². The van der Waals surface area contributed by atoms with Gasteiger partial charge in [-0.2, -0.15) is 0 Å². The Morgan fingerprint density at radius 1 is 1.47 bits per heavy atom. The minimum atomic E-state index is 0.783. The van der Waals surface area contributed by atoms with Crippen LogP contribution in [0.4, 0.5) is 0 Å². The summed E-state index contributed by atoms with van der Waals surface area (Å²) in [7, 11) is 1.72. The summed E-state index contributed by atoms with van der Waals surface area (Å²) in [4.78, 5) is 4.29. The number of hydrogen-bond acceptors (Lipinski definition) is 3. The predicted octanol–water partition coefficient (Wildman–Crippen LogP) is 1.07. The number of hydrogen-bond donors (Lipinski definition) is 1. The summed E-state index contributed by atoms with van der Waals surface area (Å²) in [6, 6.07) is 0. The molecule has 4 nitrogen and oxygen atoms in total. The molecule has 0 bridgehead atoms. The van der Waals surface area contributed by atoms with E-state index >= 15 is 0 Å². The van der Waals surface area contributed by atoms with Gasteiger partial charge in [-0.15, -0.1) is 0 Å². The molecule has 0 aliphatic carbocycles. The van der Waals surface area contributed by atoms with Crippen LogP contribution in [0.25, 0.3) is 0 Å². The second-order valence-electron chi connectivity index (χ2n) is 3.49. The summed E-state index contributed by atoms with van der Waals surface area (Å²) in [5, 5.41) is 3.33. The maximum Gasteiger partial charge on any atom is 0.108 e. The van der Waals surface area contributed by atoms with Crippen LogP contribution in [0.15, 0.2) is 12.4 Å². The molecule has 0 saturated heterocycles. The number of rotatable bonds is 8. The molecule has 1 aromatic rings. The molecule has 0 fully saturated rings. The molecular formula is C11H21N3O. The second-order valence-corrected chi connectivity index (χ2v) is 3.49. The van der Waals surface area contributed by atoms with Crippen LogP contribution in [0.2, 0.25) is 0 Å². The molecule has 1 heterocycles. The van der Waals surface area contributed by atoms with Gasteiger partial charge in [-0.1, -0.05) is 6.92 Å². The quantitative estimate of drug-likeness (QED) is 0.654. The minimum absolute atomic E-state index is 0.783. The van der Waals surface area contributed by atoms with Crippen LogP contribution in [0.3, 0.4) is 0 Å². The third-order valence-electron chi connectivity index (χ3n) is 2.35. The lowest BCUT2D eigenvalue weighted by atomic mass is 10.4. The largest absolute Gasteiger partial charge is 0.383 e. The number of aromatic nitrogens is 2. The van der Waals surface area contributed by atoms with Crippen molar-refractivity contribution in [2.45, 2.75) is 26.3 Å². The van der Waals surface area contributed by atoms with Gasteiger partial charge in [0.05, 0.1) is 6.61 Å². The van der Waals surface area contributed by atoms with E-state index in [9.17, 15) is 0 Å². The van der Waals surface area contributed by atoms with Crippen LogP contribution in [0, 0.1) is 0 Å². The monoisotopic (exact) mass is 211 g/mol. The molecule has 0 unspecified atom stereocenters. The third kappa shape index (κ3) is 4.44. The molecule has 1 rings (SSSR count). The van der Waals surface area contributed by atoms with E-state index in [0.717, 1.165) is 39.1 Å². The second kappa shape index (κ2) is 7.43. The molecule has 0 amide bonds. The molecule has 0 spiro atoms. The molecule has 0 aliphatic heterocycles. The van der Waals surface area contributed by atoms with Crippen LogP contribution in [-0.2, 0) is 17.7 Å². The third-order valence-corrected chi connectivity index (χ3v) is 2.35. The van der Waals surface area contributed by atoms with Gasteiger partial charge in [0.15, 0.2) is 0 Å². The topological polar surface area (TPSA) is 39.1 Å². The summed E-state index contributed by atoms with van der Waals surface area (Å²) in [5.41, 5.74) is 0. The lowest BCUT2D eigenvalue weighted by Gasteiger charge is -2.07. The molecule has 0 saturated carbocycles. The van der Waals surface area contributed by atoms with Crippen molar-refractivity contribution in [1.29, 1.82) is 0 Å². The molecule has 1 aromatic heterocycles. The lowest BCUT2D eigenvalue weighted by Crippen LogP contribution is -2.21. The predicted molar refractivity (Wildman–Crippen MR) is 61.0 cm³/mol. The van der Waals surface area contributed by atoms with Gasteiger partial charge in [-0.05, 0) is 13.0 Å². The van der Waals surface area contributed by atoms with Crippen molar-refractivity contribution in [2.75, 3.05) is 26.8 Å². The number of nitrogens with zero attached hydrogens (tertiary/aromatic N) is 2. The highest BCUT2D eigenvalue weighted by atomic mass is 16.5. The Bertz CT molecular complexity index is 260. The Labute approximate surface area is 91.7 Å². The van der Waals surface area contributed by atoms with Gasteiger partial charge in [-0.3, -0.25) is 0 Å². The van der Waals surface area contributed by atoms with Crippen molar-refractivity contribution in [1.82, 2.24) is 14.9 Å². The highest BCUT2D eigenvalue weighted by molar-refractivity contribution is 4.91. The maximum atomic E-state index is 4.95. The lowest BCUT2D eigenvalue weighted by molar-refractivity contribution is 0.199. The summed E-state index contributed by atoms with van der Waals surface area (Å²) in [5.74, 6) is 1.17. The Balaban J connectivity index is 2.09. The fourth-order valence-corrected chi connectivity index (χ4v) is 1.53. The van der Waals surface area contributed by atoms with E-state index in [1.54, 1.807) is 7.11 Å². The van der Waals surface area contributed by atoms with Gasteiger partial charge >= 0.3 is 0 Å². The van der Waals surface area contributed by atoms with Crippen LogP contribution < -0.4 is 5.32 Å². The summed E-state index contributed by atoms with van der Waals surface area (Å²) >= 11 is 0. The molecule has 0 aromatic carbocycles. The Morgan fingerprint density at radius 3 is 3.07 bits per heavy atom. The van der Waals surface area contributed by atoms with Crippen molar-refractivity contribution in [2.24, 2.45) is 0 Å². The molecule has 0 radical (unpaired) electrons. The fraction of sp³-hybridized carbons (Fsp3) is 0.727. The van der Waals surface area contributed by atoms with Gasteiger partial charge in [-0.25, -0.2) is 4.98 Å². The molecule has 0 aliphatic rings. The zero-order valence-corrected chi connectivity index (χ0v) is 9.70. The van der Waals surface area contributed by atoms with Crippen LogP contribution >= 0.6 is 0 Å². The van der Waals surface area contributed by atoms with Gasteiger partial charge in [0, 0.05) is 39.0 Å². The standard InChI is InChI=1S/C11H21N3O/c1-3-11-13-6-9-14(11)8-4-5-12-7-10-15-2/h6,9,12H,3-5,7-8,10H2,1-2H3. The first-order valence-corrected chi connectivity index (χ1v) is 5.58. The van der Waals surface area contributed by atoms with Crippen LogP contribution in [-0.4, -0.2) is 36.4 Å². The molecule has 1 N–H and O–H groups in total. The molecular weight excluding hydrogens is 190 g/mol. The van der Waals surface area contributed by atoms with E-state index in [-0.39, 0.29) is 0 Å². The van der Waals surface area contributed by atoms with Crippen molar-refractivity contribution in [3.8, 4) is 0 Å². The molecule has 0 atom stereocenters. The first-order chi connectivity index (χ1) is 7.38. The molecule has 4 heteroatoms. The Kier molecular flexibility index (Phi) is 6.04. The van der Waals surface area contributed by atoms with Gasteiger partial charge < -0.3 is 14.6 Å². The summed E-state index contributed by atoms with van der Waals surface area (Å²) in [6.45, 7) is 5.93. The van der Waals surface area contributed by atoms with E-state index in [1.807, 2.05) is 12.4 Å². The van der Waals surface area contributed by atoms with Crippen LogP contribution in [0.1, 0.15) is 19.2 Å².